The number of carbonyl (C=O) groups is 2. The molecule has 1 saturated heterocycles. The fraction of sp³-hybridized carbons (Fsp3) is 0.296. The molecule has 1 fully saturated rings. The van der Waals surface area contributed by atoms with Gasteiger partial charge in [0, 0.05) is 49.7 Å². The fourth-order valence-corrected chi connectivity index (χ4v) is 4.86. The Morgan fingerprint density at radius 2 is 1.85 bits per heavy atom. The van der Waals surface area contributed by atoms with Crippen LogP contribution in [0.25, 0.3) is 44.8 Å². The van der Waals surface area contributed by atoms with Crippen LogP contribution in [0, 0.1) is 5.92 Å². The zero-order valence-corrected chi connectivity index (χ0v) is 21.9. The third kappa shape index (κ3) is 4.70. The lowest BCUT2D eigenvalue weighted by atomic mass is 9.96. The van der Waals surface area contributed by atoms with E-state index in [9.17, 15) is 9.59 Å². The van der Waals surface area contributed by atoms with Gasteiger partial charge in [-0.3, -0.25) is 19.7 Å². The summed E-state index contributed by atoms with van der Waals surface area (Å²) in [7, 11) is 5.47. The average molecular weight is 525 g/mol. The molecule has 0 bridgehead atoms. The highest BCUT2D eigenvalue weighted by Crippen LogP contribution is 2.30. The lowest BCUT2D eigenvalue weighted by Gasteiger charge is -2.28. The highest BCUT2D eigenvalue weighted by molar-refractivity contribution is 6.04. The predicted molar refractivity (Wildman–Crippen MR) is 147 cm³/mol. The van der Waals surface area contributed by atoms with E-state index < -0.39 is 0 Å². The van der Waals surface area contributed by atoms with Gasteiger partial charge in [-0.25, -0.2) is 15.0 Å². The smallest absolute Gasteiger partial charge is 0.255 e. The van der Waals surface area contributed by atoms with Crippen LogP contribution in [0.4, 0.5) is 5.69 Å². The number of nitrogens with one attached hydrogen (secondary N) is 3. The van der Waals surface area contributed by atoms with Gasteiger partial charge in [0.05, 0.1) is 22.8 Å². The molecule has 5 aromatic heterocycles. The number of anilines is 1. The van der Waals surface area contributed by atoms with Gasteiger partial charge in [-0.05, 0) is 51.2 Å². The largest absolute Gasteiger partial charge is 0.345 e. The maximum absolute atomic E-state index is 12.8. The first-order valence-corrected chi connectivity index (χ1v) is 12.7. The Balaban J connectivity index is 1.31. The van der Waals surface area contributed by atoms with Gasteiger partial charge in [0.2, 0.25) is 5.91 Å². The van der Waals surface area contributed by atoms with Crippen LogP contribution in [0.5, 0.6) is 0 Å². The topological polar surface area (TPSA) is 149 Å². The van der Waals surface area contributed by atoms with E-state index >= 15 is 0 Å². The van der Waals surface area contributed by atoms with Crippen LogP contribution in [0.3, 0.4) is 0 Å². The molecule has 0 saturated carbocycles. The molecule has 198 valence electrons. The highest BCUT2D eigenvalue weighted by Gasteiger charge is 2.24. The molecule has 12 nitrogen and oxygen atoms in total. The summed E-state index contributed by atoms with van der Waals surface area (Å²) in [6.07, 6.45) is 8.40. The molecular weight excluding hydrogens is 496 g/mol. The van der Waals surface area contributed by atoms with E-state index in [1.54, 1.807) is 44.9 Å². The van der Waals surface area contributed by atoms with Crippen LogP contribution in [0.1, 0.15) is 23.2 Å². The molecule has 1 aliphatic heterocycles. The monoisotopic (exact) mass is 524 g/mol. The van der Waals surface area contributed by atoms with Gasteiger partial charge in [0.25, 0.3) is 5.91 Å². The summed E-state index contributed by atoms with van der Waals surface area (Å²) in [4.78, 5) is 50.3. The highest BCUT2D eigenvalue weighted by atomic mass is 16.2. The molecule has 0 unspecified atom stereocenters. The van der Waals surface area contributed by atoms with Crippen LogP contribution in [0.15, 0.2) is 43.0 Å². The normalized spacial score (nSPS) is 14.6. The standard InChI is InChI=1S/C27H28N10O2/c1-36(2)27(39)19-4-7-29-24-21(19)32-25(33-24)22-20-11-17(13-30-23(20)35-34-22)16-10-18(14-28-12-16)31-26(38)15-5-8-37(3)9-6-15/h4,7,10-15H,5-6,8-9H2,1-3H3,(H,31,38)(H,29,32,33)(H,30,34,35). The number of nitrogens with zero attached hydrogens (tertiary/aromatic N) is 7. The maximum Gasteiger partial charge on any atom is 0.255 e. The van der Waals surface area contributed by atoms with Gasteiger partial charge in [-0.15, -0.1) is 0 Å². The lowest BCUT2D eigenvalue weighted by molar-refractivity contribution is -0.121. The first-order valence-electron chi connectivity index (χ1n) is 12.7. The second-order valence-corrected chi connectivity index (χ2v) is 10.1. The number of hydrogen-bond acceptors (Lipinski definition) is 8. The summed E-state index contributed by atoms with van der Waals surface area (Å²) >= 11 is 0. The van der Waals surface area contributed by atoms with Gasteiger partial charge in [-0.1, -0.05) is 0 Å². The molecule has 3 N–H and O–H groups in total. The molecule has 39 heavy (non-hydrogen) atoms. The number of amides is 2. The Bertz CT molecular complexity index is 1700. The molecule has 1 aliphatic rings. The summed E-state index contributed by atoms with van der Waals surface area (Å²) in [5.41, 5.74) is 4.83. The Morgan fingerprint density at radius 1 is 1.05 bits per heavy atom. The van der Waals surface area contributed by atoms with E-state index in [0.717, 1.165) is 42.4 Å². The number of rotatable bonds is 5. The minimum atomic E-state index is -0.161. The second-order valence-electron chi connectivity index (χ2n) is 10.1. The van der Waals surface area contributed by atoms with Crippen molar-refractivity contribution in [2.75, 3.05) is 39.5 Å². The molecule has 0 aromatic carbocycles. The zero-order valence-electron chi connectivity index (χ0n) is 21.9. The van der Waals surface area contributed by atoms with Gasteiger partial charge in [-0.2, -0.15) is 5.10 Å². The number of aromatic amines is 2. The van der Waals surface area contributed by atoms with Crippen molar-refractivity contribution < 1.29 is 9.59 Å². The number of piperidine rings is 1. The van der Waals surface area contributed by atoms with E-state index in [4.69, 9.17) is 0 Å². The Morgan fingerprint density at radius 3 is 2.64 bits per heavy atom. The van der Waals surface area contributed by atoms with E-state index in [-0.39, 0.29) is 17.7 Å². The van der Waals surface area contributed by atoms with Crippen LogP contribution in [-0.4, -0.2) is 91.0 Å². The Hall–Kier alpha value is -4.71. The summed E-state index contributed by atoms with van der Waals surface area (Å²) in [5, 5.41) is 11.2. The summed E-state index contributed by atoms with van der Waals surface area (Å²) in [6.45, 7) is 1.84. The molecule has 12 heteroatoms. The zero-order chi connectivity index (χ0) is 27.1. The molecule has 0 spiro atoms. The summed E-state index contributed by atoms with van der Waals surface area (Å²) in [6, 6.07) is 5.50. The molecule has 6 rings (SSSR count). The predicted octanol–water partition coefficient (Wildman–Crippen LogP) is 2.94. The van der Waals surface area contributed by atoms with Crippen molar-refractivity contribution in [1.82, 2.24) is 44.9 Å². The SMILES string of the molecule is CN1CCC(C(=O)Nc2cncc(-c3cnc4[nH]nc(-c5nc6c(C(=O)N(C)C)ccnc6[nH]5)c4c3)c2)CC1. The minimum absolute atomic E-state index is 0.00296. The number of likely N-dealkylation sites (tertiary alicyclic amines) is 1. The third-order valence-corrected chi connectivity index (χ3v) is 7.09. The quantitative estimate of drug-likeness (QED) is 0.318. The second kappa shape index (κ2) is 9.87. The van der Waals surface area contributed by atoms with E-state index in [2.05, 4.69) is 52.4 Å². The van der Waals surface area contributed by atoms with Crippen LogP contribution in [-0.2, 0) is 4.79 Å². The van der Waals surface area contributed by atoms with Gasteiger partial charge in [0.15, 0.2) is 17.1 Å². The number of imidazole rings is 1. The van der Waals surface area contributed by atoms with E-state index in [1.165, 1.54) is 4.90 Å². The number of hydrogen-bond donors (Lipinski definition) is 3. The Labute approximate surface area is 223 Å². The number of pyridine rings is 3. The van der Waals surface area contributed by atoms with Gasteiger partial charge < -0.3 is 20.1 Å². The molecular formula is C27H28N10O2. The average Bonchev–Trinajstić information content (AvgIpc) is 3.56. The number of fused-ring (bicyclic) bond motifs is 2. The van der Waals surface area contributed by atoms with Crippen molar-refractivity contribution in [2.45, 2.75) is 12.8 Å². The molecule has 0 aliphatic carbocycles. The van der Waals surface area contributed by atoms with Crippen molar-refractivity contribution in [3.8, 4) is 22.6 Å². The van der Waals surface area contributed by atoms with Crippen LogP contribution in [0.2, 0.25) is 0 Å². The number of aromatic nitrogens is 7. The molecule has 0 radical (unpaired) electrons. The number of H-pyrrole nitrogens is 2. The number of carbonyl (C=O) groups excluding carboxylic acids is 2. The van der Waals surface area contributed by atoms with Gasteiger partial charge >= 0.3 is 0 Å². The minimum Gasteiger partial charge on any atom is -0.345 e. The van der Waals surface area contributed by atoms with Crippen LogP contribution < -0.4 is 5.32 Å². The van der Waals surface area contributed by atoms with Crippen molar-refractivity contribution >= 4 is 39.7 Å². The Kier molecular flexibility index (Phi) is 6.23. The van der Waals surface area contributed by atoms with Crippen LogP contribution >= 0.6 is 0 Å². The van der Waals surface area contributed by atoms with Gasteiger partial charge in [0.1, 0.15) is 11.2 Å². The van der Waals surface area contributed by atoms with E-state index in [1.807, 2.05) is 12.1 Å². The first-order chi connectivity index (χ1) is 18.9. The fourth-order valence-electron chi connectivity index (χ4n) is 4.86. The summed E-state index contributed by atoms with van der Waals surface area (Å²) in [5.74, 6) is 0.340. The first kappa shape index (κ1) is 24.6. The lowest BCUT2D eigenvalue weighted by Crippen LogP contribution is -2.35. The van der Waals surface area contributed by atoms with Crippen molar-refractivity contribution in [3.63, 3.8) is 0 Å². The molecule has 6 heterocycles. The van der Waals surface area contributed by atoms with Crippen molar-refractivity contribution in [3.05, 3.63) is 48.5 Å². The van der Waals surface area contributed by atoms with Crippen molar-refractivity contribution in [1.29, 1.82) is 0 Å². The third-order valence-electron chi connectivity index (χ3n) is 7.09. The van der Waals surface area contributed by atoms with Crippen molar-refractivity contribution in [2.24, 2.45) is 5.92 Å². The maximum atomic E-state index is 12.8. The molecule has 2 amide bonds. The van der Waals surface area contributed by atoms with E-state index in [0.29, 0.717) is 39.6 Å². The molecule has 5 aromatic rings. The molecule has 0 atom stereocenters. The summed E-state index contributed by atoms with van der Waals surface area (Å²) < 4.78 is 0.